The van der Waals surface area contributed by atoms with Crippen molar-refractivity contribution in [1.82, 2.24) is 0 Å². The van der Waals surface area contributed by atoms with Crippen molar-refractivity contribution in [3.8, 4) is 0 Å². The van der Waals surface area contributed by atoms with Gasteiger partial charge in [0.05, 0.1) is 12.8 Å². The smallest absolute Gasteiger partial charge is 0.677 e. The predicted octanol–water partition coefficient (Wildman–Crippen LogP) is 4.24. The van der Waals surface area contributed by atoms with Crippen LogP contribution in [0, 0.1) is 0 Å². The van der Waals surface area contributed by atoms with Crippen LogP contribution in [0.15, 0.2) is 0 Å². The van der Waals surface area contributed by atoms with Crippen molar-refractivity contribution in [1.29, 1.82) is 0 Å². The molecule has 0 bridgehead atoms. The molecule has 0 aliphatic heterocycles. The Balaban J connectivity index is -0.000000587. The number of carboxylic acid groups (broad SMARTS) is 2. The molecule has 0 aliphatic rings. The van der Waals surface area contributed by atoms with Gasteiger partial charge in [0.1, 0.15) is 0 Å². The van der Waals surface area contributed by atoms with E-state index in [0.717, 1.165) is 6.42 Å². The van der Waals surface area contributed by atoms with Gasteiger partial charge in [0.15, 0.2) is 0 Å². The molecule has 0 aromatic carbocycles. The molecule has 5 nitrogen and oxygen atoms in total. The average molecular weight is 410 g/mol. The molecule has 0 aromatic heterocycles. The largest absolute Gasteiger partial charge is 1.00 e. The van der Waals surface area contributed by atoms with Crippen LogP contribution in [0.1, 0.15) is 122 Å². The van der Waals surface area contributed by atoms with Crippen LogP contribution in [0.2, 0.25) is 0 Å². The molecular formula is C22H44NNaO4. The van der Waals surface area contributed by atoms with Crippen LogP contribution < -0.4 is 29.6 Å². The molecule has 0 fully saturated rings. The maximum atomic E-state index is 9.64. The summed E-state index contributed by atoms with van der Waals surface area (Å²) in [6, 6.07) is 0. The monoisotopic (exact) mass is 409 g/mol. The summed E-state index contributed by atoms with van der Waals surface area (Å²) in [5.74, 6) is -2.15. The molecule has 0 unspecified atom stereocenters. The van der Waals surface area contributed by atoms with Gasteiger partial charge in [-0.05, 0) is 0 Å². The first-order chi connectivity index (χ1) is 13.0. The first kappa shape index (κ1) is 32.6. The van der Waals surface area contributed by atoms with E-state index in [4.69, 9.17) is 15.9 Å². The van der Waals surface area contributed by atoms with Crippen LogP contribution in [0.3, 0.4) is 0 Å². The van der Waals surface area contributed by atoms with Gasteiger partial charge in [0.2, 0.25) is 0 Å². The first-order valence-electron chi connectivity index (χ1n) is 11.1. The maximum absolute atomic E-state index is 9.64. The quantitative estimate of drug-likeness (QED) is 0.246. The summed E-state index contributed by atoms with van der Waals surface area (Å²) in [6.07, 6.45) is 21.9. The van der Waals surface area contributed by atoms with Gasteiger partial charge in [0, 0.05) is 0 Å². The standard InChI is InChI=1S/C18H38N.C4H6O4.Na/c1-2-3-4-5-6-7-8-9-10-11-12-13-14-15-16-17-18-19;5-3(6)1-2-4(7)8;/h19H,2-18H2,1H3;1-2H2,(H,5,6)(H,7,8);/q-1;;+1. The maximum Gasteiger partial charge on any atom is 1.00 e. The Morgan fingerprint density at radius 1 is 0.571 bits per heavy atom. The first-order valence-corrected chi connectivity index (χ1v) is 11.1. The summed E-state index contributed by atoms with van der Waals surface area (Å²) in [7, 11) is 0. The molecule has 28 heavy (non-hydrogen) atoms. The fourth-order valence-corrected chi connectivity index (χ4v) is 2.89. The molecule has 0 rings (SSSR count). The zero-order valence-corrected chi connectivity index (χ0v) is 20.6. The zero-order valence-electron chi connectivity index (χ0n) is 18.6. The summed E-state index contributed by atoms with van der Waals surface area (Å²) >= 11 is 0. The van der Waals surface area contributed by atoms with Crippen LogP contribution in [-0.4, -0.2) is 28.7 Å². The van der Waals surface area contributed by atoms with Crippen molar-refractivity contribution in [2.75, 3.05) is 6.54 Å². The third-order valence-corrected chi connectivity index (χ3v) is 4.58. The average Bonchev–Trinajstić information content (AvgIpc) is 2.64. The molecule has 0 saturated heterocycles. The van der Waals surface area contributed by atoms with Gasteiger partial charge in [-0.2, -0.15) is 6.54 Å². The van der Waals surface area contributed by atoms with E-state index >= 15 is 0 Å². The third kappa shape index (κ3) is 36.8. The van der Waals surface area contributed by atoms with Crippen molar-refractivity contribution < 1.29 is 49.4 Å². The molecule has 0 atom stereocenters. The van der Waals surface area contributed by atoms with Gasteiger partial charge in [-0.1, -0.05) is 110 Å². The van der Waals surface area contributed by atoms with Crippen LogP contribution >= 0.6 is 0 Å². The van der Waals surface area contributed by atoms with Crippen molar-refractivity contribution in [2.24, 2.45) is 0 Å². The van der Waals surface area contributed by atoms with E-state index in [2.05, 4.69) is 6.92 Å². The van der Waals surface area contributed by atoms with E-state index in [0.29, 0.717) is 6.54 Å². The van der Waals surface area contributed by atoms with E-state index < -0.39 is 11.9 Å². The van der Waals surface area contributed by atoms with Crippen molar-refractivity contribution in [2.45, 2.75) is 122 Å². The van der Waals surface area contributed by atoms with E-state index in [1.165, 1.54) is 96.3 Å². The molecule has 0 amide bonds. The fourth-order valence-electron chi connectivity index (χ4n) is 2.89. The molecule has 162 valence electrons. The van der Waals surface area contributed by atoms with E-state index in [1.54, 1.807) is 0 Å². The Morgan fingerprint density at radius 3 is 1.04 bits per heavy atom. The Hall–Kier alpha value is -0.100. The minimum Gasteiger partial charge on any atom is -0.677 e. The number of nitrogens with one attached hydrogen (secondary N) is 1. The molecule has 0 saturated carbocycles. The Labute approximate surface area is 195 Å². The van der Waals surface area contributed by atoms with Gasteiger partial charge in [-0.25, -0.2) is 0 Å². The van der Waals surface area contributed by atoms with Gasteiger partial charge in [-0.3, -0.25) is 9.59 Å². The molecule has 0 radical (unpaired) electrons. The summed E-state index contributed by atoms with van der Waals surface area (Å²) in [6.45, 7) is 2.91. The normalized spacial score (nSPS) is 9.93. The topological polar surface area (TPSA) is 98.4 Å². The predicted molar refractivity (Wildman–Crippen MR) is 113 cm³/mol. The number of hydrogen-bond acceptors (Lipinski definition) is 2. The second-order valence-corrected chi connectivity index (χ2v) is 7.34. The van der Waals surface area contributed by atoms with Crippen molar-refractivity contribution in [3.05, 3.63) is 5.73 Å². The van der Waals surface area contributed by atoms with Gasteiger partial charge < -0.3 is 15.9 Å². The summed E-state index contributed by atoms with van der Waals surface area (Å²) in [5, 5.41) is 15.8. The van der Waals surface area contributed by atoms with Crippen molar-refractivity contribution in [3.63, 3.8) is 0 Å². The molecule has 3 N–H and O–H groups in total. The molecule has 0 heterocycles. The summed E-state index contributed by atoms with van der Waals surface area (Å²) < 4.78 is 0. The van der Waals surface area contributed by atoms with E-state index in [-0.39, 0.29) is 42.4 Å². The van der Waals surface area contributed by atoms with Gasteiger partial charge in [-0.15, -0.1) is 0 Å². The Kier molecular flexibility index (Phi) is 33.8. The number of rotatable bonds is 19. The van der Waals surface area contributed by atoms with E-state index in [9.17, 15) is 9.59 Å². The molecule has 0 spiro atoms. The number of hydrogen-bond donors (Lipinski definition) is 2. The number of aliphatic carboxylic acids is 2. The number of unbranched alkanes of at least 4 members (excludes halogenated alkanes) is 15. The number of carbonyl (C=O) groups is 2. The van der Waals surface area contributed by atoms with Crippen LogP contribution in [-0.2, 0) is 9.59 Å². The SMILES string of the molecule is CCCCCCCCCCCCCCCCCC[NH-].O=C(O)CCC(=O)O.[Na+]. The Morgan fingerprint density at radius 2 is 0.821 bits per heavy atom. The van der Waals surface area contributed by atoms with Gasteiger partial charge in [0.25, 0.3) is 0 Å². The van der Waals surface area contributed by atoms with Gasteiger partial charge >= 0.3 is 41.5 Å². The second kappa shape index (κ2) is 29.1. The molecule has 0 aliphatic carbocycles. The number of carboxylic acids is 2. The Bertz CT molecular complexity index is 298. The zero-order chi connectivity index (χ0) is 20.6. The third-order valence-electron chi connectivity index (χ3n) is 4.58. The fraction of sp³-hybridized carbons (Fsp3) is 0.909. The summed E-state index contributed by atoms with van der Waals surface area (Å²) in [5.41, 5.74) is 7.08. The van der Waals surface area contributed by atoms with Crippen LogP contribution in [0.4, 0.5) is 0 Å². The second-order valence-electron chi connectivity index (χ2n) is 7.34. The van der Waals surface area contributed by atoms with Crippen LogP contribution in [0.25, 0.3) is 5.73 Å². The van der Waals surface area contributed by atoms with E-state index in [1.807, 2.05) is 0 Å². The van der Waals surface area contributed by atoms with Crippen molar-refractivity contribution >= 4 is 11.9 Å². The molecule has 0 aromatic rings. The minimum atomic E-state index is -1.08. The molecule has 6 heteroatoms. The molecular weight excluding hydrogens is 365 g/mol. The van der Waals surface area contributed by atoms with Crippen LogP contribution in [0.5, 0.6) is 0 Å². The minimum absolute atomic E-state index is 0. The summed E-state index contributed by atoms with van der Waals surface area (Å²) in [4.78, 5) is 19.3.